The smallest absolute Gasteiger partial charge is 0.146 e. The highest BCUT2D eigenvalue weighted by molar-refractivity contribution is 5.40. The molecule has 0 fully saturated rings. The summed E-state index contributed by atoms with van der Waals surface area (Å²) >= 11 is 0. The molecule has 3 heteroatoms. The molecule has 0 aliphatic heterocycles. The van der Waals surface area contributed by atoms with Crippen LogP contribution in [0.25, 0.3) is 0 Å². The zero-order valence-corrected chi connectivity index (χ0v) is 8.21. The van der Waals surface area contributed by atoms with Crippen LogP contribution in [0, 0.1) is 12.7 Å². The van der Waals surface area contributed by atoms with Gasteiger partial charge in [-0.3, -0.25) is 0 Å². The molecule has 1 aromatic carbocycles. The second kappa shape index (κ2) is 5.54. The number of aliphatic hydroxyl groups excluding tert-OH is 1. The molecule has 0 aliphatic carbocycles. The summed E-state index contributed by atoms with van der Waals surface area (Å²) in [5, 5.41) is 8.06. The predicted molar refractivity (Wildman–Crippen MR) is 52.9 cm³/mol. The molecule has 0 bridgehead atoms. The van der Waals surface area contributed by atoms with Crippen LogP contribution in [-0.4, -0.2) is 11.2 Å². The first-order valence-corrected chi connectivity index (χ1v) is 4.13. The van der Waals surface area contributed by atoms with Gasteiger partial charge in [0.05, 0.1) is 5.69 Å². The van der Waals surface area contributed by atoms with Gasteiger partial charge >= 0.3 is 0 Å². The maximum Gasteiger partial charge on any atom is 0.146 e. The van der Waals surface area contributed by atoms with Crippen molar-refractivity contribution in [2.24, 2.45) is 0 Å². The Labute approximate surface area is 78.2 Å². The number of nitrogen functional groups attached to an aromatic ring is 1. The largest absolute Gasteiger partial charge is 0.396 e. The molecule has 0 unspecified atom stereocenters. The van der Waals surface area contributed by atoms with Gasteiger partial charge in [0.1, 0.15) is 5.82 Å². The maximum absolute atomic E-state index is 12.5. The van der Waals surface area contributed by atoms with Crippen molar-refractivity contribution in [3.63, 3.8) is 0 Å². The van der Waals surface area contributed by atoms with E-state index in [1.54, 1.807) is 26.0 Å². The Hall–Kier alpha value is -1.09. The highest BCUT2D eigenvalue weighted by Crippen LogP contribution is 2.10. The number of hydrogen-bond acceptors (Lipinski definition) is 2. The van der Waals surface area contributed by atoms with Gasteiger partial charge in [0.2, 0.25) is 0 Å². The van der Waals surface area contributed by atoms with E-state index in [2.05, 4.69) is 0 Å². The summed E-state index contributed by atoms with van der Waals surface area (Å²) in [6.45, 7) is 5.27. The minimum Gasteiger partial charge on any atom is -0.396 e. The first-order valence-electron chi connectivity index (χ1n) is 4.13. The number of anilines is 1. The molecule has 0 radical (unpaired) electrons. The maximum atomic E-state index is 12.5. The molecule has 1 aromatic rings. The normalized spacial score (nSPS) is 9.38. The lowest BCUT2D eigenvalue weighted by molar-refractivity contribution is 0.216. The second-order valence-electron chi connectivity index (χ2n) is 3.12. The summed E-state index contributed by atoms with van der Waals surface area (Å²) in [5.74, 6) is -0.338. The van der Waals surface area contributed by atoms with Crippen LogP contribution in [0.15, 0.2) is 18.2 Å². The highest BCUT2D eigenvalue weighted by atomic mass is 19.1. The Kier molecular flexibility index (Phi) is 5.07. The molecular formula is C10H16FNO. The minimum absolute atomic E-state index is 0.167. The number of nitrogens with two attached hydrogens (primary N) is 1. The van der Waals surface area contributed by atoms with Crippen LogP contribution in [-0.2, 0) is 0 Å². The van der Waals surface area contributed by atoms with Gasteiger partial charge in [-0.2, -0.15) is 0 Å². The summed E-state index contributed by atoms with van der Waals surface area (Å²) in [6.07, 6.45) is -0.167. The van der Waals surface area contributed by atoms with Gasteiger partial charge in [0.15, 0.2) is 0 Å². The summed E-state index contributed by atoms with van der Waals surface area (Å²) in [6, 6.07) is 4.75. The van der Waals surface area contributed by atoms with Crippen LogP contribution in [0.5, 0.6) is 0 Å². The van der Waals surface area contributed by atoms with E-state index in [9.17, 15) is 4.39 Å². The molecule has 3 N–H and O–H groups in total. The Morgan fingerprint density at radius 3 is 2.15 bits per heavy atom. The number of aryl methyl sites for hydroxylation is 1. The van der Waals surface area contributed by atoms with Crippen molar-refractivity contribution >= 4 is 5.69 Å². The van der Waals surface area contributed by atoms with Crippen LogP contribution in [0.2, 0.25) is 0 Å². The van der Waals surface area contributed by atoms with E-state index < -0.39 is 0 Å². The summed E-state index contributed by atoms with van der Waals surface area (Å²) in [5.41, 5.74) is 6.31. The van der Waals surface area contributed by atoms with Crippen LogP contribution >= 0.6 is 0 Å². The van der Waals surface area contributed by atoms with E-state index in [0.29, 0.717) is 0 Å². The predicted octanol–water partition coefficient (Wildman–Crippen LogP) is 2.10. The number of rotatable bonds is 0. The standard InChI is InChI=1S/C7H8FN.C3H8O/c1-5-2-3-7(9)6(8)4-5;1-3(2)4/h2-4H,9H2,1H3;3-4H,1-2H3. The Morgan fingerprint density at radius 2 is 1.85 bits per heavy atom. The van der Waals surface area contributed by atoms with Gasteiger partial charge in [-0.1, -0.05) is 6.07 Å². The molecule has 0 atom stereocenters. The third-order valence-corrected chi connectivity index (χ3v) is 1.16. The van der Waals surface area contributed by atoms with Crippen molar-refractivity contribution in [1.29, 1.82) is 0 Å². The molecule has 74 valence electrons. The van der Waals surface area contributed by atoms with E-state index in [1.165, 1.54) is 6.07 Å². The summed E-state index contributed by atoms with van der Waals surface area (Å²) in [4.78, 5) is 0. The molecule has 0 amide bonds. The lowest BCUT2D eigenvalue weighted by Gasteiger charge is -1.94. The van der Waals surface area contributed by atoms with Crippen molar-refractivity contribution in [1.82, 2.24) is 0 Å². The zero-order chi connectivity index (χ0) is 10.4. The summed E-state index contributed by atoms with van der Waals surface area (Å²) in [7, 11) is 0. The fourth-order valence-corrected chi connectivity index (χ4v) is 0.632. The molecule has 0 spiro atoms. The van der Waals surface area contributed by atoms with Crippen LogP contribution in [0.3, 0.4) is 0 Å². The quantitative estimate of drug-likeness (QED) is 0.608. The van der Waals surface area contributed by atoms with Gasteiger partial charge in [0.25, 0.3) is 0 Å². The lowest BCUT2D eigenvalue weighted by Crippen LogP contribution is -1.89. The van der Waals surface area contributed by atoms with Gasteiger partial charge in [-0.25, -0.2) is 4.39 Å². The van der Waals surface area contributed by atoms with Crippen molar-refractivity contribution in [2.75, 3.05) is 5.73 Å². The fraction of sp³-hybridized carbons (Fsp3) is 0.400. The Morgan fingerprint density at radius 1 is 1.38 bits per heavy atom. The zero-order valence-electron chi connectivity index (χ0n) is 8.21. The first kappa shape index (κ1) is 11.9. The Balaban J connectivity index is 0.000000310. The average molecular weight is 185 g/mol. The van der Waals surface area contributed by atoms with Gasteiger partial charge in [-0.05, 0) is 38.5 Å². The SMILES string of the molecule is CC(C)O.Cc1ccc(N)c(F)c1. The molecule has 1 rings (SSSR count). The monoisotopic (exact) mass is 185 g/mol. The fourth-order valence-electron chi connectivity index (χ4n) is 0.632. The highest BCUT2D eigenvalue weighted by Gasteiger charge is 1.94. The van der Waals surface area contributed by atoms with E-state index in [4.69, 9.17) is 10.8 Å². The van der Waals surface area contributed by atoms with E-state index in [1.807, 2.05) is 6.92 Å². The number of aliphatic hydroxyl groups is 1. The first-order chi connectivity index (χ1) is 5.93. The van der Waals surface area contributed by atoms with Gasteiger partial charge in [0, 0.05) is 6.10 Å². The molecule has 0 aliphatic rings. The van der Waals surface area contributed by atoms with Crippen molar-refractivity contribution in [3.8, 4) is 0 Å². The average Bonchev–Trinajstić information content (AvgIpc) is 1.96. The molecule has 0 saturated heterocycles. The number of hydrogen-bond donors (Lipinski definition) is 2. The topological polar surface area (TPSA) is 46.2 Å². The van der Waals surface area contributed by atoms with Crippen LogP contribution in [0.4, 0.5) is 10.1 Å². The van der Waals surface area contributed by atoms with Crippen molar-refractivity contribution in [3.05, 3.63) is 29.6 Å². The second-order valence-corrected chi connectivity index (χ2v) is 3.12. The Bertz CT molecular complexity index is 258. The minimum atomic E-state index is -0.338. The van der Waals surface area contributed by atoms with Crippen molar-refractivity contribution in [2.45, 2.75) is 26.9 Å². The van der Waals surface area contributed by atoms with Crippen molar-refractivity contribution < 1.29 is 9.50 Å². The molecule has 2 nitrogen and oxygen atoms in total. The van der Waals surface area contributed by atoms with Gasteiger partial charge in [-0.15, -0.1) is 0 Å². The van der Waals surface area contributed by atoms with Crippen LogP contribution in [0.1, 0.15) is 19.4 Å². The van der Waals surface area contributed by atoms with E-state index in [0.717, 1.165) is 5.56 Å². The molecular weight excluding hydrogens is 169 g/mol. The molecule has 0 saturated carbocycles. The number of halogens is 1. The lowest BCUT2D eigenvalue weighted by atomic mass is 10.2. The number of benzene rings is 1. The third kappa shape index (κ3) is 6.11. The third-order valence-electron chi connectivity index (χ3n) is 1.16. The van der Waals surface area contributed by atoms with Gasteiger partial charge < -0.3 is 10.8 Å². The molecule has 0 aromatic heterocycles. The summed E-state index contributed by atoms with van der Waals surface area (Å²) < 4.78 is 12.5. The van der Waals surface area contributed by atoms with E-state index >= 15 is 0 Å². The molecule has 13 heavy (non-hydrogen) atoms. The van der Waals surface area contributed by atoms with Crippen LogP contribution < -0.4 is 5.73 Å². The van der Waals surface area contributed by atoms with E-state index in [-0.39, 0.29) is 17.6 Å². The molecule has 0 heterocycles.